The molecule has 0 aliphatic carbocycles. The standard InChI is InChI=1S/C22H19FN4OS/c1-14-17-12-20(21(28)26-11-3-4-18-19(26)5-2-10-24-18)29-22(17)27(25-14)13-15-6-8-16(23)9-7-15/h2,5-10,12H,3-4,11,13H2,1H3. The van der Waals surface area contributed by atoms with Gasteiger partial charge in [0.15, 0.2) is 0 Å². The molecule has 5 rings (SSSR count). The third-order valence-corrected chi connectivity index (χ3v) is 6.40. The quantitative estimate of drug-likeness (QED) is 0.500. The molecule has 1 aliphatic rings. The van der Waals surface area contributed by atoms with E-state index in [9.17, 15) is 9.18 Å². The summed E-state index contributed by atoms with van der Waals surface area (Å²) in [5, 5.41) is 5.60. The van der Waals surface area contributed by atoms with Crippen molar-refractivity contribution < 1.29 is 9.18 Å². The minimum atomic E-state index is -0.254. The van der Waals surface area contributed by atoms with E-state index in [1.54, 1.807) is 18.3 Å². The van der Waals surface area contributed by atoms with Gasteiger partial charge in [-0.2, -0.15) is 5.10 Å². The van der Waals surface area contributed by atoms with Crippen LogP contribution < -0.4 is 4.90 Å². The second-order valence-electron chi connectivity index (χ2n) is 7.23. The normalized spacial score (nSPS) is 13.7. The average Bonchev–Trinajstić information content (AvgIpc) is 3.30. The Labute approximate surface area is 171 Å². The second kappa shape index (κ2) is 7.08. The van der Waals surface area contributed by atoms with E-state index in [1.807, 2.05) is 34.7 Å². The molecule has 0 radical (unpaired) electrons. The van der Waals surface area contributed by atoms with Crippen molar-refractivity contribution in [3.8, 4) is 0 Å². The van der Waals surface area contributed by atoms with Gasteiger partial charge in [-0.25, -0.2) is 4.39 Å². The van der Waals surface area contributed by atoms with Gasteiger partial charge in [0.25, 0.3) is 5.91 Å². The number of hydrogen-bond donors (Lipinski definition) is 0. The minimum absolute atomic E-state index is 0.00730. The highest BCUT2D eigenvalue weighted by molar-refractivity contribution is 7.20. The monoisotopic (exact) mass is 406 g/mol. The summed E-state index contributed by atoms with van der Waals surface area (Å²) in [5.74, 6) is -0.247. The van der Waals surface area contributed by atoms with Gasteiger partial charge < -0.3 is 4.90 Å². The van der Waals surface area contributed by atoms with Crippen molar-refractivity contribution in [1.82, 2.24) is 14.8 Å². The van der Waals surface area contributed by atoms with Gasteiger partial charge in [-0.05, 0) is 55.7 Å². The van der Waals surface area contributed by atoms with Gasteiger partial charge in [0, 0.05) is 18.1 Å². The molecule has 4 aromatic rings. The molecule has 0 saturated heterocycles. The molecular formula is C22H19FN4OS. The molecule has 0 fully saturated rings. The molecule has 1 aromatic carbocycles. The number of aromatic nitrogens is 3. The highest BCUT2D eigenvalue weighted by atomic mass is 32.1. The number of nitrogens with zero attached hydrogens (tertiary/aromatic N) is 4. The summed E-state index contributed by atoms with van der Waals surface area (Å²) in [6.45, 7) is 3.19. The lowest BCUT2D eigenvalue weighted by molar-refractivity contribution is 0.0989. The number of hydrogen-bond acceptors (Lipinski definition) is 4. The largest absolute Gasteiger partial charge is 0.306 e. The number of carbonyl (C=O) groups is 1. The number of carbonyl (C=O) groups excluding carboxylic acids is 1. The van der Waals surface area contributed by atoms with Crippen LogP contribution >= 0.6 is 11.3 Å². The summed E-state index contributed by atoms with van der Waals surface area (Å²) >= 11 is 1.46. The molecule has 0 saturated carbocycles. The number of fused-ring (bicyclic) bond motifs is 2. The number of benzene rings is 1. The molecule has 7 heteroatoms. The van der Waals surface area contributed by atoms with Crippen LogP contribution in [0, 0.1) is 12.7 Å². The summed E-state index contributed by atoms with van der Waals surface area (Å²) in [5.41, 5.74) is 3.74. The maximum atomic E-state index is 13.3. The Morgan fingerprint density at radius 1 is 1.24 bits per heavy atom. The smallest absolute Gasteiger partial charge is 0.268 e. The first-order valence-electron chi connectivity index (χ1n) is 9.57. The maximum absolute atomic E-state index is 13.3. The zero-order valence-corrected chi connectivity index (χ0v) is 16.7. The van der Waals surface area contributed by atoms with Crippen LogP contribution in [0.15, 0.2) is 48.7 Å². The molecule has 5 nitrogen and oxygen atoms in total. The van der Waals surface area contributed by atoms with Crippen molar-refractivity contribution >= 4 is 33.1 Å². The van der Waals surface area contributed by atoms with E-state index < -0.39 is 0 Å². The summed E-state index contributed by atoms with van der Waals surface area (Å²) in [6, 6.07) is 12.2. The Morgan fingerprint density at radius 2 is 2.07 bits per heavy atom. The Balaban J connectivity index is 1.49. The molecule has 29 heavy (non-hydrogen) atoms. The highest BCUT2D eigenvalue weighted by Crippen LogP contribution is 2.32. The lowest BCUT2D eigenvalue weighted by atomic mass is 10.1. The molecule has 3 aromatic heterocycles. The molecule has 1 amide bonds. The molecule has 0 unspecified atom stereocenters. The van der Waals surface area contributed by atoms with E-state index in [0.717, 1.165) is 45.7 Å². The number of aryl methyl sites for hydroxylation is 2. The number of rotatable bonds is 3. The van der Waals surface area contributed by atoms with E-state index in [-0.39, 0.29) is 11.7 Å². The molecular weight excluding hydrogens is 387 g/mol. The van der Waals surface area contributed by atoms with Crippen LogP contribution in [-0.2, 0) is 13.0 Å². The first kappa shape index (κ1) is 18.0. The minimum Gasteiger partial charge on any atom is -0.306 e. The third-order valence-electron chi connectivity index (χ3n) is 5.26. The molecule has 1 aliphatic heterocycles. The van der Waals surface area contributed by atoms with Gasteiger partial charge in [-0.3, -0.25) is 14.5 Å². The molecule has 0 atom stereocenters. The van der Waals surface area contributed by atoms with Crippen LogP contribution in [0.2, 0.25) is 0 Å². The molecule has 4 heterocycles. The Bertz CT molecular complexity index is 1210. The van der Waals surface area contributed by atoms with Gasteiger partial charge in [0.05, 0.1) is 28.5 Å². The van der Waals surface area contributed by atoms with Gasteiger partial charge in [0.1, 0.15) is 10.6 Å². The fourth-order valence-electron chi connectivity index (χ4n) is 3.82. The first-order valence-corrected chi connectivity index (χ1v) is 10.4. The number of halogens is 1. The van der Waals surface area contributed by atoms with Crippen molar-refractivity contribution in [2.24, 2.45) is 0 Å². The molecule has 146 valence electrons. The van der Waals surface area contributed by atoms with Crippen LogP contribution in [0.5, 0.6) is 0 Å². The summed E-state index contributed by atoms with van der Waals surface area (Å²) < 4.78 is 15.1. The molecule has 0 N–H and O–H groups in total. The predicted octanol–water partition coefficient (Wildman–Crippen LogP) is 4.58. The van der Waals surface area contributed by atoms with Gasteiger partial charge >= 0.3 is 0 Å². The Hall–Kier alpha value is -3.06. The average molecular weight is 406 g/mol. The van der Waals surface area contributed by atoms with Crippen LogP contribution in [0.4, 0.5) is 10.1 Å². The van der Waals surface area contributed by atoms with E-state index in [2.05, 4.69) is 10.1 Å². The number of anilines is 1. The lowest BCUT2D eigenvalue weighted by Crippen LogP contribution is -2.35. The van der Waals surface area contributed by atoms with Crippen molar-refractivity contribution in [1.29, 1.82) is 0 Å². The highest BCUT2D eigenvalue weighted by Gasteiger charge is 2.26. The second-order valence-corrected chi connectivity index (χ2v) is 8.26. The van der Waals surface area contributed by atoms with E-state index >= 15 is 0 Å². The summed E-state index contributed by atoms with van der Waals surface area (Å²) in [4.78, 5) is 21.2. The summed E-state index contributed by atoms with van der Waals surface area (Å²) in [6.07, 6.45) is 3.59. The van der Waals surface area contributed by atoms with Crippen molar-refractivity contribution in [2.75, 3.05) is 11.4 Å². The molecule has 0 spiro atoms. The van der Waals surface area contributed by atoms with Crippen LogP contribution in [0.3, 0.4) is 0 Å². The fraction of sp³-hybridized carbons (Fsp3) is 0.227. The number of amides is 1. The lowest BCUT2D eigenvalue weighted by Gasteiger charge is -2.28. The van der Waals surface area contributed by atoms with Crippen LogP contribution in [-0.4, -0.2) is 27.2 Å². The molecule has 0 bridgehead atoms. The van der Waals surface area contributed by atoms with Crippen molar-refractivity contribution in [3.63, 3.8) is 0 Å². The van der Waals surface area contributed by atoms with Crippen LogP contribution in [0.25, 0.3) is 10.2 Å². The van der Waals surface area contributed by atoms with Gasteiger partial charge in [0.2, 0.25) is 0 Å². The third kappa shape index (κ3) is 3.21. The Morgan fingerprint density at radius 3 is 2.90 bits per heavy atom. The van der Waals surface area contributed by atoms with Crippen molar-refractivity contribution in [3.05, 3.63) is 76.3 Å². The van der Waals surface area contributed by atoms with Crippen molar-refractivity contribution in [2.45, 2.75) is 26.3 Å². The fourth-order valence-corrected chi connectivity index (χ4v) is 4.93. The van der Waals surface area contributed by atoms with Gasteiger partial charge in [-0.1, -0.05) is 12.1 Å². The van der Waals surface area contributed by atoms with E-state index in [1.165, 1.54) is 23.5 Å². The van der Waals surface area contributed by atoms with E-state index in [0.29, 0.717) is 18.0 Å². The van der Waals surface area contributed by atoms with Crippen LogP contribution in [0.1, 0.15) is 33.0 Å². The Kier molecular flexibility index (Phi) is 4.39. The SMILES string of the molecule is Cc1nn(Cc2ccc(F)cc2)c2sc(C(=O)N3CCCc4ncccc43)cc12. The number of thiophene rings is 1. The summed E-state index contributed by atoms with van der Waals surface area (Å²) in [7, 11) is 0. The zero-order chi connectivity index (χ0) is 20.0. The predicted molar refractivity (Wildman–Crippen MR) is 112 cm³/mol. The number of pyridine rings is 1. The maximum Gasteiger partial charge on any atom is 0.268 e. The van der Waals surface area contributed by atoms with E-state index in [4.69, 9.17) is 0 Å². The zero-order valence-electron chi connectivity index (χ0n) is 15.9. The van der Waals surface area contributed by atoms with Gasteiger partial charge in [-0.15, -0.1) is 11.3 Å². The topological polar surface area (TPSA) is 51.0 Å². The first-order chi connectivity index (χ1) is 14.1.